The van der Waals surface area contributed by atoms with E-state index in [9.17, 15) is 32.8 Å². The molecule has 7 heterocycles. The third-order valence-electron chi connectivity index (χ3n) is 12.9. The Balaban J connectivity index is 0.000000187. The number of nitrogens with zero attached hydrogens (tertiary/aromatic N) is 6. The van der Waals surface area contributed by atoms with E-state index in [1.54, 1.807) is 38.4 Å². The number of aromatic nitrogens is 3. The molecular formula is C49H56F2N10O12. The van der Waals surface area contributed by atoms with E-state index in [0.29, 0.717) is 98.5 Å². The molecule has 1 aromatic carbocycles. The lowest BCUT2D eigenvalue weighted by molar-refractivity contribution is -0.130. The van der Waals surface area contributed by atoms with Gasteiger partial charge in [-0.15, -0.1) is 0 Å². The summed E-state index contributed by atoms with van der Waals surface area (Å²) in [6.07, 6.45) is 4.74. The fourth-order valence-electron chi connectivity index (χ4n) is 9.25. The monoisotopic (exact) mass is 1010 g/mol. The molecule has 2 saturated heterocycles. The molecule has 22 nitrogen and oxygen atoms in total. The average molecular weight is 1020 g/mol. The summed E-state index contributed by atoms with van der Waals surface area (Å²) < 4.78 is 55.7. The molecule has 10 rings (SSSR count). The number of cyclic esters (lactones) is 2. The van der Waals surface area contributed by atoms with Crippen LogP contribution in [0.25, 0.3) is 0 Å². The highest BCUT2D eigenvalue weighted by Gasteiger charge is 2.36. The number of hydrogen-bond donors (Lipinski definition) is 5. The summed E-state index contributed by atoms with van der Waals surface area (Å²) in [4.78, 5) is 85.0. The zero-order valence-corrected chi connectivity index (χ0v) is 40.4. The summed E-state index contributed by atoms with van der Waals surface area (Å²) in [6.45, 7) is 4.24. The Morgan fingerprint density at radius 1 is 0.836 bits per heavy atom. The Morgan fingerprint density at radius 2 is 1.44 bits per heavy atom. The smallest absolute Gasteiger partial charge is 0.415 e. The number of carbonyl (C=O) groups excluding carboxylic acids is 5. The molecule has 6 aliphatic rings. The molecule has 24 heteroatoms. The van der Waals surface area contributed by atoms with E-state index in [0.717, 1.165) is 41.8 Å². The summed E-state index contributed by atoms with van der Waals surface area (Å²) in [5.41, 5.74) is 4.29. The third kappa shape index (κ3) is 12.7. The van der Waals surface area contributed by atoms with E-state index in [1.165, 1.54) is 27.0 Å². The molecule has 0 saturated carbocycles. The van der Waals surface area contributed by atoms with Crippen molar-refractivity contribution in [3.63, 3.8) is 0 Å². The van der Waals surface area contributed by atoms with Crippen molar-refractivity contribution in [3.8, 4) is 17.2 Å². The third-order valence-corrected chi connectivity index (χ3v) is 12.9. The van der Waals surface area contributed by atoms with Gasteiger partial charge in [-0.2, -0.15) is 0 Å². The molecule has 73 heavy (non-hydrogen) atoms. The van der Waals surface area contributed by atoms with Crippen LogP contribution >= 0.6 is 0 Å². The number of ether oxygens (including phenoxy) is 5. The molecule has 388 valence electrons. The molecule has 0 bridgehead atoms. The van der Waals surface area contributed by atoms with Gasteiger partial charge in [0.15, 0.2) is 43.0 Å². The maximum atomic E-state index is 14.6. The van der Waals surface area contributed by atoms with Gasteiger partial charge >= 0.3 is 12.2 Å². The van der Waals surface area contributed by atoms with Crippen LogP contribution in [0.4, 0.5) is 41.6 Å². The van der Waals surface area contributed by atoms with Crippen LogP contribution in [0.15, 0.2) is 42.6 Å². The predicted octanol–water partition coefficient (Wildman–Crippen LogP) is 3.56. The standard InChI is InChI=1S/C26H30FN5O6.C22H24FN5O4.CH2O2/c1-31(2)24(34)14-36-18-9-16-7-15(8-19(16)20(27)10-18)11-28-6-5-17-12-32(26(35)38-17)22-4-3-21-25(29-22)30-23(33)13-37-21;1-12-15-7-13(8-16(15)17(23)9-25-12)24-6-2-3-14-10-28(22(30)32-14)19-5-4-18-21(26-19)27-20(29)11-31-18;2-1-3/h3-4,9-10,15,17,28H,5-8,11-14H2,1-2H3,(H,29,30,33);4-5,9,13-14,24H,2-3,6-8,10-11H2,1H3,(H,26,27,29);1H,(H,2,3). The molecule has 2 aliphatic carbocycles. The Bertz CT molecular complexity index is 2720. The number of amides is 5. The molecule has 5 amide bonds. The minimum atomic E-state index is -0.488. The van der Waals surface area contributed by atoms with Crippen molar-refractivity contribution in [1.29, 1.82) is 0 Å². The summed E-state index contributed by atoms with van der Waals surface area (Å²) in [6, 6.07) is 10.0. The van der Waals surface area contributed by atoms with Gasteiger partial charge in [-0.3, -0.25) is 34.0 Å². The van der Waals surface area contributed by atoms with Crippen molar-refractivity contribution in [1.82, 2.24) is 30.5 Å². The van der Waals surface area contributed by atoms with Gasteiger partial charge in [-0.25, -0.2) is 28.3 Å². The second-order valence-electron chi connectivity index (χ2n) is 18.3. The number of nitrogens with one attached hydrogen (secondary N) is 4. The summed E-state index contributed by atoms with van der Waals surface area (Å²) in [5.74, 6) is 1.61. The first kappa shape index (κ1) is 51.6. The van der Waals surface area contributed by atoms with Crippen LogP contribution in [0.2, 0.25) is 0 Å². The normalized spacial score (nSPS) is 20.0. The predicted molar refractivity (Wildman–Crippen MR) is 257 cm³/mol. The Labute approximate surface area is 418 Å². The zero-order valence-electron chi connectivity index (χ0n) is 40.4. The highest BCUT2D eigenvalue weighted by Crippen LogP contribution is 2.34. The van der Waals surface area contributed by atoms with E-state index in [2.05, 4.69) is 36.2 Å². The topological polar surface area (TPSA) is 265 Å². The number of halogens is 2. The molecule has 2 fully saturated rings. The van der Waals surface area contributed by atoms with Crippen LogP contribution < -0.4 is 45.3 Å². The summed E-state index contributed by atoms with van der Waals surface area (Å²) >= 11 is 0. The molecule has 0 spiro atoms. The first-order valence-electron chi connectivity index (χ1n) is 23.8. The van der Waals surface area contributed by atoms with Crippen molar-refractivity contribution in [3.05, 3.63) is 82.2 Å². The Morgan fingerprint density at radius 3 is 2.04 bits per heavy atom. The van der Waals surface area contributed by atoms with Crippen LogP contribution in [0.1, 0.15) is 47.2 Å². The van der Waals surface area contributed by atoms with Crippen LogP contribution in [0, 0.1) is 24.5 Å². The number of hydrogen-bond acceptors (Lipinski definition) is 16. The molecular weight excluding hydrogens is 959 g/mol. The van der Waals surface area contributed by atoms with Gasteiger partial charge in [0.1, 0.15) is 41.2 Å². The molecule has 5 N–H and O–H groups in total. The fourth-order valence-corrected chi connectivity index (χ4v) is 9.25. The quantitative estimate of drug-likeness (QED) is 0.0842. The van der Waals surface area contributed by atoms with E-state index in [1.807, 2.05) is 13.0 Å². The van der Waals surface area contributed by atoms with Crippen molar-refractivity contribution >= 4 is 59.7 Å². The lowest BCUT2D eigenvalue weighted by Gasteiger charge is -2.19. The van der Waals surface area contributed by atoms with Crippen molar-refractivity contribution in [2.24, 2.45) is 5.92 Å². The van der Waals surface area contributed by atoms with Gasteiger partial charge < -0.3 is 55.0 Å². The number of aryl methyl sites for hydroxylation is 1. The van der Waals surface area contributed by atoms with Gasteiger partial charge in [0.2, 0.25) is 0 Å². The Hall–Kier alpha value is -7.73. The first-order valence-corrected chi connectivity index (χ1v) is 23.8. The highest BCUT2D eigenvalue weighted by atomic mass is 19.1. The number of carboxylic acid groups (broad SMARTS) is 1. The van der Waals surface area contributed by atoms with E-state index >= 15 is 0 Å². The molecule has 0 radical (unpaired) electrons. The van der Waals surface area contributed by atoms with Gasteiger partial charge in [0, 0.05) is 31.9 Å². The SMILES string of the molecule is CN(C)C(=O)COc1cc(F)c2c(c1)CC(CNCCC1CN(c3ccc4c(n3)NC(=O)CO4)C(=O)O1)C2.Cc1ncc(F)c2c1CC(NCCCC1CN(c3ccc4c(n3)NC(=O)CO4)C(=O)O1)C2.O=CO. The van der Waals surface area contributed by atoms with E-state index in [-0.39, 0.29) is 85.6 Å². The van der Waals surface area contributed by atoms with Crippen molar-refractivity contribution < 1.29 is 66.3 Å². The van der Waals surface area contributed by atoms with Gasteiger partial charge in [-0.05, 0) is 130 Å². The average Bonchev–Trinajstić information content (AvgIpc) is 4.17. The summed E-state index contributed by atoms with van der Waals surface area (Å²) in [5, 5.41) is 19.0. The number of rotatable bonds is 15. The number of carbonyl (C=O) groups is 6. The number of anilines is 4. The highest BCUT2D eigenvalue weighted by molar-refractivity contribution is 5.96. The molecule has 4 unspecified atom stereocenters. The van der Waals surface area contributed by atoms with Gasteiger partial charge in [0.05, 0.1) is 19.3 Å². The first-order chi connectivity index (χ1) is 35.2. The maximum absolute atomic E-state index is 14.6. The Kier molecular flexibility index (Phi) is 16.4. The number of likely N-dealkylation sites (N-methyl/N-ethyl adjacent to an activating group) is 1. The van der Waals surface area contributed by atoms with E-state index < -0.39 is 12.2 Å². The number of fused-ring (bicyclic) bond motifs is 4. The van der Waals surface area contributed by atoms with Gasteiger partial charge in [-0.1, -0.05) is 0 Å². The van der Waals surface area contributed by atoms with Crippen LogP contribution in [-0.4, -0.2) is 146 Å². The number of pyridine rings is 3. The lowest BCUT2D eigenvalue weighted by Crippen LogP contribution is -2.31. The van der Waals surface area contributed by atoms with Crippen LogP contribution in [-0.2, 0) is 54.3 Å². The minimum Gasteiger partial charge on any atom is -0.484 e. The van der Waals surface area contributed by atoms with Crippen molar-refractivity contribution in [2.75, 3.05) is 87.1 Å². The van der Waals surface area contributed by atoms with Crippen LogP contribution in [0.5, 0.6) is 17.2 Å². The minimum absolute atomic E-state index is 0.0473. The number of benzene rings is 1. The zero-order chi connectivity index (χ0) is 51.8. The molecule has 4 aliphatic heterocycles. The maximum Gasteiger partial charge on any atom is 0.415 e. The summed E-state index contributed by atoms with van der Waals surface area (Å²) in [7, 11) is 3.28. The molecule has 3 aromatic heterocycles. The largest absolute Gasteiger partial charge is 0.484 e. The molecule has 4 aromatic rings. The second-order valence-corrected chi connectivity index (χ2v) is 18.3. The van der Waals surface area contributed by atoms with E-state index in [4.69, 9.17) is 33.6 Å². The lowest BCUT2D eigenvalue weighted by atomic mass is 10.1. The van der Waals surface area contributed by atoms with Crippen LogP contribution in [0.3, 0.4) is 0 Å². The van der Waals surface area contributed by atoms with Crippen molar-refractivity contribution in [2.45, 2.75) is 70.1 Å². The second kappa shape index (κ2) is 23.2. The van der Waals surface area contributed by atoms with Gasteiger partial charge in [0.25, 0.3) is 24.2 Å². The molecule has 4 atom stereocenters. The fraction of sp³-hybridized carbons (Fsp3) is 0.449.